The second-order valence-corrected chi connectivity index (χ2v) is 8.72. The van der Waals surface area contributed by atoms with Crippen LogP contribution in [0, 0.1) is 0 Å². The topological polar surface area (TPSA) is 140 Å². The van der Waals surface area contributed by atoms with Gasteiger partial charge in [0.15, 0.2) is 5.58 Å². The number of carbonyl (C=O) groups excluding carboxylic acids is 2. The minimum Gasteiger partial charge on any atom is -0.495 e. The van der Waals surface area contributed by atoms with E-state index in [4.69, 9.17) is 9.15 Å². The number of aromatic nitrogens is 1. The minimum absolute atomic E-state index is 0.00950. The van der Waals surface area contributed by atoms with Crippen molar-refractivity contribution in [1.82, 2.24) is 15.6 Å². The summed E-state index contributed by atoms with van der Waals surface area (Å²) in [6.45, 7) is 2.13. The molecule has 164 valence electrons. The first kappa shape index (κ1) is 22.4. The van der Waals surface area contributed by atoms with Gasteiger partial charge in [0.2, 0.25) is 5.91 Å². The van der Waals surface area contributed by atoms with E-state index in [1.165, 1.54) is 25.3 Å². The maximum absolute atomic E-state index is 12.8. The highest BCUT2D eigenvalue weighted by molar-refractivity contribution is 7.99. The van der Waals surface area contributed by atoms with Crippen LogP contribution in [0.25, 0.3) is 11.1 Å². The van der Waals surface area contributed by atoms with Gasteiger partial charge in [-0.25, -0.2) is 18.2 Å². The van der Waals surface area contributed by atoms with E-state index in [1.807, 2.05) is 0 Å². The molecule has 3 N–H and O–H groups in total. The molecule has 0 saturated heterocycles. The van der Waals surface area contributed by atoms with Crippen LogP contribution in [0.5, 0.6) is 5.75 Å². The summed E-state index contributed by atoms with van der Waals surface area (Å²) in [5.74, 6) is -0.217. The number of nitrogens with zero attached hydrogens (tertiary/aromatic N) is 1. The second-order valence-electron chi connectivity index (χ2n) is 6.11. The van der Waals surface area contributed by atoms with Crippen LogP contribution < -0.4 is 20.1 Å². The number of ether oxygens (including phenoxy) is 1. The number of urea groups is 1. The van der Waals surface area contributed by atoms with E-state index >= 15 is 0 Å². The van der Waals surface area contributed by atoms with Gasteiger partial charge in [-0.15, -0.1) is 0 Å². The van der Waals surface area contributed by atoms with Crippen LogP contribution in [0.3, 0.4) is 0 Å². The molecule has 0 bridgehead atoms. The van der Waals surface area contributed by atoms with E-state index in [9.17, 15) is 18.0 Å². The van der Waals surface area contributed by atoms with Gasteiger partial charge in [0.25, 0.3) is 15.2 Å². The fraction of sp³-hybridized carbons (Fsp3) is 0.211. The molecule has 0 radical (unpaired) electrons. The van der Waals surface area contributed by atoms with E-state index in [1.54, 1.807) is 31.2 Å². The largest absolute Gasteiger partial charge is 0.495 e. The van der Waals surface area contributed by atoms with Gasteiger partial charge in [0.05, 0.1) is 23.4 Å². The third-order valence-electron chi connectivity index (χ3n) is 3.92. The van der Waals surface area contributed by atoms with Crippen LogP contribution >= 0.6 is 11.8 Å². The maximum atomic E-state index is 12.8. The van der Waals surface area contributed by atoms with Crippen molar-refractivity contribution < 1.29 is 27.2 Å². The SMILES string of the molecule is CCNC(=O)NC(=O)CSc1nc2cc(S(=O)(=O)Nc3ccccc3OC)ccc2o1. The summed E-state index contributed by atoms with van der Waals surface area (Å²) in [5.41, 5.74) is 0.983. The fourth-order valence-corrected chi connectivity index (χ4v) is 4.27. The smallest absolute Gasteiger partial charge is 0.321 e. The number of hydrogen-bond acceptors (Lipinski definition) is 8. The molecule has 0 spiro atoms. The van der Waals surface area contributed by atoms with Crippen molar-refractivity contribution in [2.45, 2.75) is 17.0 Å². The molecule has 0 atom stereocenters. The first-order valence-corrected chi connectivity index (χ1v) is 11.6. The predicted octanol–water partition coefficient (Wildman–Crippen LogP) is 2.58. The lowest BCUT2D eigenvalue weighted by Crippen LogP contribution is -2.40. The Hall–Kier alpha value is -3.25. The van der Waals surface area contributed by atoms with Gasteiger partial charge in [-0.05, 0) is 37.3 Å². The fourth-order valence-electron chi connectivity index (χ4n) is 2.54. The van der Waals surface area contributed by atoms with E-state index in [2.05, 4.69) is 20.3 Å². The highest BCUT2D eigenvalue weighted by Crippen LogP contribution is 2.28. The average molecular weight is 465 g/mol. The number of methoxy groups -OCH3 is 1. The Morgan fingerprint density at radius 2 is 1.97 bits per heavy atom. The van der Waals surface area contributed by atoms with Gasteiger partial charge in [0, 0.05) is 6.54 Å². The van der Waals surface area contributed by atoms with Crippen LogP contribution in [0.15, 0.2) is 57.0 Å². The molecule has 0 aliphatic heterocycles. The predicted molar refractivity (Wildman–Crippen MR) is 116 cm³/mol. The second kappa shape index (κ2) is 9.71. The van der Waals surface area contributed by atoms with Crippen molar-refractivity contribution in [2.75, 3.05) is 24.1 Å². The lowest BCUT2D eigenvalue weighted by Gasteiger charge is -2.11. The lowest BCUT2D eigenvalue weighted by molar-refractivity contribution is -0.117. The number of benzene rings is 2. The molecule has 1 heterocycles. The summed E-state index contributed by atoms with van der Waals surface area (Å²) in [6.07, 6.45) is 0. The summed E-state index contributed by atoms with van der Waals surface area (Å²) in [7, 11) is -2.45. The number of hydrogen-bond donors (Lipinski definition) is 3. The molecule has 2 aromatic carbocycles. The monoisotopic (exact) mass is 464 g/mol. The number of rotatable bonds is 8. The molecule has 0 aliphatic rings. The van der Waals surface area contributed by atoms with Crippen molar-refractivity contribution in [2.24, 2.45) is 0 Å². The zero-order valence-corrected chi connectivity index (χ0v) is 18.3. The summed E-state index contributed by atoms with van der Waals surface area (Å²) in [4.78, 5) is 27.3. The van der Waals surface area contributed by atoms with Crippen LogP contribution in [0.4, 0.5) is 10.5 Å². The third kappa shape index (κ3) is 5.67. The summed E-state index contributed by atoms with van der Waals surface area (Å²) in [5, 5.41) is 4.79. The van der Waals surface area contributed by atoms with Crippen molar-refractivity contribution >= 4 is 50.5 Å². The maximum Gasteiger partial charge on any atom is 0.321 e. The minimum atomic E-state index is -3.90. The standard InChI is InChI=1S/C19H20N4O6S2/c1-3-20-18(25)22-17(24)11-30-19-21-14-10-12(8-9-16(14)29-19)31(26,27)23-13-6-4-5-7-15(13)28-2/h4-10,23H,3,11H2,1-2H3,(H2,20,22,24,25). The number of nitrogens with one attached hydrogen (secondary N) is 3. The first-order valence-electron chi connectivity index (χ1n) is 9.09. The molecule has 31 heavy (non-hydrogen) atoms. The highest BCUT2D eigenvalue weighted by Gasteiger charge is 2.19. The number of fused-ring (bicyclic) bond motifs is 1. The molecular weight excluding hydrogens is 444 g/mol. The van der Waals surface area contributed by atoms with Gasteiger partial charge < -0.3 is 14.5 Å². The van der Waals surface area contributed by atoms with Gasteiger partial charge in [-0.2, -0.15) is 0 Å². The Bertz CT molecular complexity index is 1210. The summed E-state index contributed by atoms with van der Waals surface area (Å²) >= 11 is 0.984. The highest BCUT2D eigenvalue weighted by atomic mass is 32.2. The Labute approximate surface area is 182 Å². The molecule has 3 rings (SSSR count). The van der Waals surface area contributed by atoms with Crippen molar-refractivity contribution in [1.29, 1.82) is 0 Å². The molecule has 3 aromatic rings. The molecule has 0 aliphatic carbocycles. The Morgan fingerprint density at radius 3 is 2.71 bits per heavy atom. The zero-order valence-electron chi connectivity index (χ0n) is 16.7. The van der Waals surface area contributed by atoms with Crippen molar-refractivity contribution in [3.8, 4) is 5.75 Å². The first-order chi connectivity index (χ1) is 14.8. The number of oxazole rings is 1. The number of anilines is 1. The van der Waals surface area contributed by atoms with Crippen LogP contribution in [0.1, 0.15) is 6.92 Å². The Balaban J connectivity index is 1.73. The molecule has 3 amide bonds. The Kier molecular flexibility index (Phi) is 7.02. The molecule has 0 fully saturated rings. The third-order valence-corrected chi connectivity index (χ3v) is 6.11. The quantitative estimate of drug-likeness (QED) is 0.432. The van der Waals surface area contributed by atoms with Crippen LogP contribution in [-0.4, -0.2) is 44.7 Å². The van der Waals surface area contributed by atoms with Crippen molar-refractivity contribution in [3.63, 3.8) is 0 Å². The number of sulfonamides is 1. The molecular formula is C19H20N4O6S2. The number of carbonyl (C=O) groups is 2. The lowest BCUT2D eigenvalue weighted by atomic mass is 10.3. The van der Waals surface area contributed by atoms with Crippen molar-refractivity contribution in [3.05, 3.63) is 42.5 Å². The molecule has 12 heteroatoms. The number of thioether (sulfide) groups is 1. The Morgan fingerprint density at radius 1 is 1.19 bits per heavy atom. The van der Waals surface area contributed by atoms with Gasteiger partial charge in [0.1, 0.15) is 11.3 Å². The molecule has 1 aromatic heterocycles. The van der Waals surface area contributed by atoms with Crippen LogP contribution in [-0.2, 0) is 14.8 Å². The molecule has 10 nitrogen and oxygen atoms in total. The molecule has 0 saturated carbocycles. The normalized spacial score (nSPS) is 11.2. The van der Waals surface area contributed by atoms with E-state index in [0.717, 1.165) is 11.8 Å². The summed E-state index contributed by atoms with van der Waals surface area (Å²) in [6, 6.07) is 10.3. The average Bonchev–Trinajstić information content (AvgIpc) is 3.15. The number of para-hydroxylation sites is 2. The zero-order chi connectivity index (χ0) is 22.4. The summed E-state index contributed by atoms with van der Waals surface area (Å²) < 4.78 is 38.7. The van der Waals surface area contributed by atoms with E-state index in [0.29, 0.717) is 29.1 Å². The van der Waals surface area contributed by atoms with E-state index < -0.39 is 22.0 Å². The molecule has 0 unspecified atom stereocenters. The van der Waals surface area contributed by atoms with Gasteiger partial charge >= 0.3 is 6.03 Å². The van der Waals surface area contributed by atoms with E-state index in [-0.39, 0.29) is 15.9 Å². The number of imide groups is 1. The van der Waals surface area contributed by atoms with Gasteiger partial charge in [-0.3, -0.25) is 14.8 Å². The van der Waals surface area contributed by atoms with Crippen LogP contribution in [0.2, 0.25) is 0 Å². The number of amides is 3. The van der Waals surface area contributed by atoms with Gasteiger partial charge in [-0.1, -0.05) is 23.9 Å².